The molecule has 0 amide bonds. The van der Waals surface area contributed by atoms with E-state index < -0.39 is 0 Å². The lowest BCUT2D eigenvalue weighted by molar-refractivity contribution is 0.353. The monoisotopic (exact) mass is 293 g/mol. The molecule has 1 fully saturated rings. The Bertz CT molecular complexity index is 534. The number of rotatable bonds is 2. The van der Waals surface area contributed by atoms with Crippen LogP contribution in [0.4, 0.5) is 0 Å². The van der Waals surface area contributed by atoms with Gasteiger partial charge in [0, 0.05) is 29.3 Å². The second kappa shape index (κ2) is 4.42. The Labute approximate surface area is 110 Å². The van der Waals surface area contributed by atoms with E-state index in [1.807, 2.05) is 6.07 Å². The maximum Gasteiger partial charge on any atom is 0.137 e. The van der Waals surface area contributed by atoms with Crippen LogP contribution in [0.2, 0.25) is 0 Å². The topological polar surface area (TPSA) is 20.5 Å². The van der Waals surface area contributed by atoms with Crippen LogP contribution < -0.4 is 0 Å². The molecule has 0 saturated carbocycles. The molecule has 1 unspecified atom stereocenters. The van der Waals surface area contributed by atoms with Gasteiger partial charge in [0.1, 0.15) is 5.65 Å². The second-order valence-corrected chi connectivity index (χ2v) is 5.57. The van der Waals surface area contributed by atoms with Gasteiger partial charge < -0.3 is 9.30 Å². The highest BCUT2D eigenvalue weighted by Gasteiger charge is 2.24. The molecule has 0 aliphatic carbocycles. The van der Waals surface area contributed by atoms with E-state index in [1.165, 1.54) is 18.7 Å². The first kappa shape index (κ1) is 11.2. The highest BCUT2D eigenvalue weighted by atomic mass is 79.9. The molecule has 1 atom stereocenters. The van der Waals surface area contributed by atoms with E-state index in [0.717, 1.165) is 23.2 Å². The van der Waals surface area contributed by atoms with E-state index in [1.54, 1.807) is 0 Å². The molecule has 3 rings (SSSR count). The highest BCUT2D eigenvalue weighted by Crippen LogP contribution is 2.26. The first-order valence-electron chi connectivity index (χ1n) is 6.13. The molecule has 3 heterocycles. The molecule has 17 heavy (non-hydrogen) atoms. The van der Waals surface area contributed by atoms with Crippen LogP contribution in [-0.4, -0.2) is 33.9 Å². The Morgan fingerprint density at radius 3 is 3.06 bits per heavy atom. The zero-order valence-electron chi connectivity index (χ0n) is 9.93. The second-order valence-electron chi connectivity index (χ2n) is 4.66. The number of nitrogens with zero attached hydrogens (tertiary/aromatic N) is 3. The van der Waals surface area contributed by atoms with Crippen LogP contribution in [0.3, 0.4) is 0 Å². The fourth-order valence-electron chi connectivity index (χ4n) is 2.54. The molecule has 0 aromatic carbocycles. The Morgan fingerprint density at radius 1 is 1.41 bits per heavy atom. The third kappa shape index (κ3) is 2.11. The Kier molecular flexibility index (Phi) is 2.92. The fourth-order valence-corrected chi connectivity index (χ4v) is 2.90. The predicted molar refractivity (Wildman–Crippen MR) is 72.4 cm³/mol. The zero-order valence-corrected chi connectivity index (χ0v) is 11.5. The third-order valence-electron chi connectivity index (χ3n) is 3.57. The minimum Gasteiger partial charge on any atom is -0.306 e. The lowest BCUT2D eigenvalue weighted by Gasteiger charge is -2.11. The van der Waals surface area contributed by atoms with E-state index in [0.29, 0.717) is 5.92 Å². The number of fused-ring (bicyclic) bond motifs is 1. The summed E-state index contributed by atoms with van der Waals surface area (Å²) in [6, 6.07) is 4.10. The molecule has 90 valence electrons. The normalized spacial score (nSPS) is 21.4. The van der Waals surface area contributed by atoms with Crippen molar-refractivity contribution < 1.29 is 0 Å². The van der Waals surface area contributed by atoms with Crippen molar-refractivity contribution in [1.82, 2.24) is 14.3 Å². The molecule has 0 bridgehead atoms. The lowest BCUT2D eigenvalue weighted by Crippen LogP contribution is -2.19. The van der Waals surface area contributed by atoms with Crippen LogP contribution in [0, 0.1) is 0 Å². The van der Waals surface area contributed by atoms with Crippen LogP contribution in [-0.2, 0) is 0 Å². The van der Waals surface area contributed by atoms with Gasteiger partial charge in [-0.3, -0.25) is 0 Å². The number of pyridine rings is 1. The molecule has 2 aromatic rings. The number of halogens is 1. The smallest absolute Gasteiger partial charge is 0.137 e. The van der Waals surface area contributed by atoms with Gasteiger partial charge in [0.05, 0.1) is 5.69 Å². The summed E-state index contributed by atoms with van der Waals surface area (Å²) in [5, 5.41) is 0. The fraction of sp³-hybridized carbons (Fsp3) is 0.462. The molecule has 4 heteroatoms. The van der Waals surface area contributed by atoms with Crippen molar-refractivity contribution in [2.75, 3.05) is 19.6 Å². The van der Waals surface area contributed by atoms with Gasteiger partial charge in [-0.1, -0.05) is 6.92 Å². The van der Waals surface area contributed by atoms with Gasteiger partial charge in [-0.2, -0.15) is 0 Å². The Hall–Kier alpha value is -0.870. The third-order valence-corrected chi connectivity index (χ3v) is 4.04. The summed E-state index contributed by atoms with van der Waals surface area (Å²) < 4.78 is 3.20. The summed E-state index contributed by atoms with van der Waals surface area (Å²) in [6.07, 6.45) is 5.47. The first-order chi connectivity index (χ1) is 8.26. The predicted octanol–water partition coefficient (Wildman–Crippen LogP) is 2.91. The highest BCUT2D eigenvalue weighted by molar-refractivity contribution is 9.10. The average molecular weight is 294 g/mol. The van der Waals surface area contributed by atoms with Crippen LogP contribution in [0.5, 0.6) is 0 Å². The Morgan fingerprint density at radius 2 is 2.29 bits per heavy atom. The van der Waals surface area contributed by atoms with Gasteiger partial charge in [0.15, 0.2) is 0 Å². The van der Waals surface area contributed by atoms with Gasteiger partial charge in [-0.25, -0.2) is 4.98 Å². The van der Waals surface area contributed by atoms with Crippen molar-refractivity contribution >= 4 is 21.6 Å². The van der Waals surface area contributed by atoms with Crippen molar-refractivity contribution in [2.24, 2.45) is 0 Å². The molecule has 0 radical (unpaired) electrons. The van der Waals surface area contributed by atoms with Crippen LogP contribution in [0.15, 0.2) is 29.0 Å². The number of likely N-dealkylation sites (tertiary alicyclic amines) is 1. The first-order valence-corrected chi connectivity index (χ1v) is 6.92. The van der Waals surface area contributed by atoms with E-state index in [2.05, 4.69) is 50.6 Å². The Balaban J connectivity index is 1.91. The maximum atomic E-state index is 4.72. The molecule has 0 spiro atoms. The summed E-state index contributed by atoms with van der Waals surface area (Å²) in [7, 11) is 0. The van der Waals surface area contributed by atoms with Gasteiger partial charge in [-0.15, -0.1) is 0 Å². The number of hydrogen-bond donors (Lipinski definition) is 0. The van der Waals surface area contributed by atoms with Crippen LogP contribution >= 0.6 is 15.9 Å². The molecular weight excluding hydrogens is 278 g/mol. The van der Waals surface area contributed by atoms with E-state index in [9.17, 15) is 0 Å². The molecule has 1 aliphatic rings. The number of likely N-dealkylation sites (N-methyl/N-ethyl adjacent to an activating group) is 1. The summed E-state index contributed by atoms with van der Waals surface area (Å²) in [5.41, 5.74) is 2.28. The van der Waals surface area contributed by atoms with Gasteiger partial charge in [0.2, 0.25) is 0 Å². The zero-order chi connectivity index (χ0) is 11.8. The van der Waals surface area contributed by atoms with Gasteiger partial charge in [-0.05, 0) is 47.6 Å². The van der Waals surface area contributed by atoms with Gasteiger partial charge >= 0.3 is 0 Å². The van der Waals surface area contributed by atoms with E-state index >= 15 is 0 Å². The standard InChI is InChI=1S/C13H16BrN3/c1-2-16-6-5-10(7-16)12-9-17-8-11(14)3-4-13(17)15-12/h3-4,8-10H,2,5-7H2,1H3. The van der Waals surface area contributed by atoms with Crippen molar-refractivity contribution in [3.8, 4) is 0 Å². The molecular formula is C13H16BrN3. The summed E-state index contributed by atoms with van der Waals surface area (Å²) >= 11 is 3.49. The average Bonchev–Trinajstić information content (AvgIpc) is 2.93. The van der Waals surface area contributed by atoms with Crippen molar-refractivity contribution in [3.05, 3.63) is 34.7 Å². The molecule has 0 N–H and O–H groups in total. The molecule has 3 nitrogen and oxygen atoms in total. The molecule has 1 saturated heterocycles. The maximum absolute atomic E-state index is 4.72. The van der Waals surface area contributed by atoms with Crippen LogP contribution in [0.1, 0.15) is 25.0 Å². The van der Waals surface area contributed by atoms with Gasteiger partial charge in [0.25, 0.3) is 0 Å². The van der Waals surface area contributed by atoms with Crippen LogP contribution in [0.25, 0.3) is 5.65 Å². The minimum absolute atomic E-state index is 0.605. The van der Waals surface area contributed by atoms with Crippen molar-refractivity contribution in [1.29, 1.82) is 0 Å². The van der Waals surface area contributed by atoms with E-state index in [-0.39, 0.29) is 0 Å². The summed E-state index contributed by atoms with van der Waals surface area (Å²) in [5.74, 6) is 0.605. The van der Waals surface area contributed by atoms with Crippen molar-refractivity contribution in [2.45, 2.75) is 19.3 Å². The summed E-state index contributed by atoms with van der Waals surface area (Å²) in [4.78, 5) is 7.21. The summed E-state index contributed by atoms with van der Waals surface area (Å²) in [6.45, 7) is 5.73. The molecule has 1 aliphatic heterocycles. The molecule has 2 aromatic heterocycles. The lowest BCUT2D eigenvalue weighted by atomic mass is 10.1. The SMILES string of the molecule is CCN1CCC(c2cn3cc(Br)ccc3n2)C1. The van der Waals surface area contributed by atoms with Crippen molar-refractivity contribution in [3.63, 3.8) is 0 Å². The number of hydrogen-bond acceptors (Lipinski definition) is 2. The minimum atomic E-state index is 0.605. The quantitative estimate of drug-likeness (QED) is 0.849. The van der Waals surface area contributed by atoms with E-state index in [4.69, 9.17) is 4.98 Å². The number of aromatic nitrogens is 2. The largest absolute Gasteiger partial charge is 0.306 e. The number of imidazole rings is 1.